The smallest absolute Gasteiger partial charge is 0.395 e. The molecule has 0 spiro atoms. The van der Waals surface area contributed by atoms with Gasteiger partial charge in [-0.2, -0.15) is 110 Å². The van der Waals surface area contributed by atoms with Crippen LogP contribution in [0.15, 0.2) is 0 Å². The third-order valence-corrected chi connectivity index (χ3v) is 4.84. The van der Waals surface area contributed by atoms with Crippen molar-refractivity contribution in [1.29, 1.82) is 0 Å². The van der Waals surface area contributed by atoms with E-state index < -0.39 is 83.4 Å². The van der Waals surface area contributed by atoms with E-state index in [-0.39, 0.29) is 0 Å². The molecule has 0 saturated heterocycles. The lowest BCUT2D eigenvalue weighted by molar-refractivity contribution is -0.487. The van der Waals surface area contributed by atoms with Gasteiger partial charge in [0.1, 0.15) is 5.88 Å². The molecule has 0 atom stereocenters. The number of rotatable bonds is 12. The van der Waals surface area contributed by atoms with Gasteiger partial charge in [-0.1, -0.05) is 0 Å². The first kappa shape index (κ1) is 40.0. The van der Waals surface area contributed by atoms with Crippen LogP contribution in [0, 0.1) is 0 Å². The Morgan fingerprint density at radius 2 is 0.571 bits per heavy atom. The Hall–Kier alpha value is -1.99. The summed E-state index contributed by atoms with van der Waals surface area (Å²) in [6.07, 6.45) is -15.8. The van der Waals surface area contributed by atoms with Crippen molar-refractivity contribution in [3.05, 3.63) is 0 Å². The second kappa shape index (κ2) is 10.0. The van der Waals surface area contributed by atoms with Gasteiger partial charge in [0.15, 0.2) is 0 Å². The highest BCUT2D eigenvalue weighted by Gasteiger charge is 2.99. The summed E-state index contributed by atoms with van der Waals surface area (Å²) >= 11 is 4.37. The van der Waals surface area contributed by atoms with Crippen LogP contribution in [0.1, 0.15) is 0 Å². The molecule has 0 aliphatic heterocycles. The lowest BCUT2D eigenvalue weighted by Crippen LogP contribution is -2.78. The minimum atomic E-state index is -9.67. The number of alkyl halides is 26. The van der Waals surface area contributed by atoms with Crippen LogP contribution in [0.25, 0.3) is 0 Å². The maximum atomic E-state index is 13.6. The van der Waals surface area contributed by atoms with Gasteiger partial charge < -0.3 is 4.74 Å². The zero-order valence-electron chi connectivity index (χ0n) is 17.9. The second-order valence-corrected chi connectivity index (χ2v) is 7.63. The molecule has 2 nitrogen and oxygen atoms in total. The molecule has 0 aliphatic carbocycles. The summed E-state index contributed by atoms with van der Waals surface area (Å²) < 4.78 is 332. The average molecular weight is 713 g/mol. The highest BCUT2D eigenvalue weighted by molar-refractivity contribution is 6.26. The molecule has 0 fully saturated rings. The van der Waals surface area contributed by atoms with Crippen molar-refractivity contribution in [2.24, 2.45) is 0 Å². The fourth-order valence-electron chi connectivity index (χ4n) is 2.17. The molecule has 0 aliphatic rings. The Labute approximate surface area is 215 Å². The molecule has 0 saturated carbocycles. The van der Waals surface area contributed by atoms with Crippen molar-refractivity contribution < 1.29 is 119 Å². The standard InChI is InChI=1S/C14H2ClF25O2/c15-1-2(41)42-14(39,40)12(34,35)10(30,31)8(26,27)6(22,23)4(18,19)3(16,17)5(20,21)7(24,25)9(28,29)11(32,33)13(36,37)38/h1H2. The molecule has 42 heavy (non-hydrogen) atoms. The van der Waals surface area contributed by atoms with Crippen LogP contribution in [-0.2, 0) is 9.53 Å². The number of halogens is 26. The number of ether oxygens (including phenoxy) is 1. The highest BCUT2D eigenvalue weighted by Crippen LogP contribution is 2.67. The van der Waals surface area contributed by atoms with Gasteiger partial charge in [0.25, 0.3) is 0 Å². The van der Waals surface area contributed by atoms with E-state index in [0.717, 1.165) is 0 Å². The summed E-state index contributed by atoms with van der Waals surface area (Å²) in [5, 5.41) is 0. The van der Waals surface area contributed by atoms with Crippen LogP contribution in [-0.4, -0.2) is 83.4 Å². The first-order chi connectivity index (χ1) is 17.7. The Kier molecular flexibility index (Phi) is 9.54. The Bertz CT molecular complexity index is 1010. The van der Waals surface area contributed by atoms with E-state index in [1.54, 1.807) is 0 Å². The van der Waals surface area contributed by atoms with Crippen LogP contribution in [0.4, 0.5) is 110 Å². The zero-order chi connectivity index (χ0) is 35.0. The summed E-state index contributed by atoms with van der Waals surface area (Å²) in [7, 11) is 0. The van der Waals surface area contributed by atoms with Gasteiger partial charge in [-0.05, 0) is 0 Å². The van der Waals surface area contributed by atoms with Crippen molar-refractivity contribution >= 4 is 17.6 Å². The topological polar surface area (TPSA) is 26.3 Å². The number of hydrogen-bond donors (Lipinski definition) is 0. The SMILES string of the molecule is O=C(CCl)OC(F)(F)C(F)(F)C(F)(F)C(F)(F)C(F)(F)C(F)(F)C(F)(F)C(F)(F)C(F)(F)C(F)(F)C(F)(F)C(F)(F)F. The first-order valence-electron chi connectivity index (χ1n) is 8.71. The molecule has 0 heterocycles. The number of hydrogen-bond acceptors (Lipinski definition) is 2. The highest BCUT2D eigenvalue weighted by atomic mass is 35.5. The maximum Gasteiger partial charge on any atom is 0.473 e. The van der Waals surface area contributed by atoms with E-state index in [4.69, 9.17) is 0 Å². The molecular formula is C14H2ClF25O2. The van der Waals surface area contributed by atoms with Gasteiger partial charge in [0, 0.05) is 0 Å². The lowest BCUT2D eigenvalue weighted by Gasteiger charge is -2.45. The van der Waals surface area contributed by atoms with Crippen molar-refractivity contribution in [1.82, 2.24) is 0 Å². The fourth-order valence-corrected chi connectivity index (χ4v) is 2.23. The molecule has 0 aromatic heterocycles. The number of carbonyl (C=O) groups excluding carboxylic acids is 1. The quantitative estimate of drug-likeness (QED) is 0.116. The average Bonchev–Trinajstić information content (AvgIpc) is 2.76. The predicted molar refractivity (Wildman–Crippen MR) is 77.3 cm³/mol. The third kappa shape index (κ3) is 4.81. The van der Waals surface area contributed by atoms with E-state index >= 15 is 0 Å². The molecule has 0 N–H and O–H groups in total. The summed E-state index contributed by atoms with van der Waals surface area (Å²) in [5.74, 6) is -97.8. The van der Waals surface area contributed by atoms with Crippen LogP contribution in [0.3, 0.4) is 0 Å². The van der Waals surface area contributed by atoms with Crippen LogP contribution in [0.5, 0.6) is 0 Å². The van der Waals surface area contributed by atoms with Gasteiger partial charge in [0.2, 0.25) is 0 Å². The predicted octanol–water partition coefficient (Wildman–Crippen LogP) is 8.28. The van der Waals surface area contributed by atoms with Crippen molar-refractivity contribution in [3.63, 3.8) is 0 Å². The molecule has 0 radical (unpaired) electrons. The Morgan fingerprint density at radius 1 is 0.381 bits per heavy atom. The Morgan fingerprint density at radius 3 is 0.762 bits per heavy atom. The van der Waals surface area contributed by atoms with E-state index in [2.05, 4.69) is 16.3 Å². The summed E-state index contributed by atoms with van der Waals surface area (Å²) in [5.41, 5.74) is 0. The van der Waals surface area contributed by atoms with Gasteiger partial charge in [0.05, 0.1) is 0 Å². The molecular weight excluding hydrogens is 711 g/mol. The van der Waals surface area contributed by atoms with Gasteiger partial charge in [-0.15, -0.1) is 11.6 Å². The van der Waals surface area contributed by atoms with Crippen molar-refractivity contribution in [3.8, 4) is 0 Å². The van der Waals surface area contributed by atoms with Crippen LogP contribution in [0.2, 0.25) is 0 Å². The molecule has 28 heteroatoms. The lowest BCUT2D eigenvalue weighted by atomic mass is 9.85. The first-order valence-corrected chi connectivity index (χ1v) is 9.24. The molecule has 252 valence electrons. The number of carbonyl (C=O) groups is 1. The van der Waals surface area contributed by atoms with E-state index in [1.165, 1.54) is 0 Å². The zero-order valence-corrected chi connectivity index (χ0v) is 18.6. The minimum absolute atomic E-state index is 2.08. The van der Waals surface area contributed by atoms with Crippen molar-refractivity contribution in [2.45, 2.75) is 71.5 Å². The largest absolute Gasteiger partial charge is 0.473 e. The molecule has 0 bridgehead atoms. The Balaban J connectivity index is 7.31. The van der Waals surface area contributed by atoms with E-state index in [9.17, 15) is 115 Å². The summed E-state index contributed by atoms with van der Waals surface area (Å²) in [4.78, 5) is 10.4. The second-order valence-electron chi connectivity index (χ2n) is 7.37. The summed E-state index contributed by atoms with van der Waals surface area (Å²) in [6, 6.07) is 0. The van der Waals surface area contributed by atoms with Crippen molar-refractivity contribution in [2.75, 3.05) is 5.88 Å². The van der Waals surface area contributed by atoms with E-state index in [0.29, 0.717) is 0 Å². The molecule has 0 amide bonds. The molecule has 0 rings (SSSR count). The van der Waals surface area contributed by atoms with Crippen LogP contribution < -0.4 is 0 Å². The number of esters is 1. The van der Waals surface area contributed by atoms with Gasteiger partial charge in [-0.25, -0.2) is 0 Å². The summed E-state index contributed by atoms with van der Waals surface area (Å²) in [6.45, 7) is 0. The minimum Gasteiger partial charge on any atom is -0.395 e. The molecule has 0 unspecified atom stereocenters. The maximum absolute atomic E-state index is 13.6. The van der Waals surface area contributed by atoms with Gasteiger partial charge >= 0.3 is 77.5 Å². The fraction of sp³-hybridized carbons (Fsp3) is 0.929. The third-order valence-electron chi connectivity index (χ3n) is 4.62. The monoisotopic (exact) mass is 712 g/mol. The van der Waals surface area contributed by atoms with Gasteiger partial charge in [-0.3, -0.25) is 4.79 Å². The normalized spacial score (nSPS) is 16.5. The van der Waals surface area contributed by atoms with Crippen LogP contribution >= 0.6 is 11.6 Å². The van der Waals surface area contributed by atoms with E-state index in [1.807, 2.05) is 0 Å². The molecule has 0 aromatic carbocycles. The molecule has 0 aromatic rings.